The van der Waals surface area contributed by atoms with Gasteiger partial charge >= 0.3 is 23.9 Å². The molecule has 1 aromatic heterocycles. The van der Waals surface area contributed by atoms with Crippen LogP contribution in [0, 0.1) is 12.7 Å². The second kappa shape index (κ2) is 11.3. The van der Waals surface area contributed by atoms with Crippen molar-refractivity contribution in [1.29, 1.82) is 0 Å². The fourth-order valence-electron chi connectivity index (χ4n) is 3.59. The third-order valence-electron chi connectivity index (χ3n) is 5.55. The predicted molar refractivity (Wildman–Crippen MR) is 127 cm³/mol. The molecule has 1 heterocycles. The minimum absolute atomic E-state index is 0.0432. The predicted octanol–water partition coefficient (Wildman–Crippen LogP) is 2.98. The van der Waals surface area contributed by atoms with Gasteiger partial charge < -0.3 is 20.5 Å². The lowest BCUT2D eigenvalue weighted by atomic mass is 10.0. The van der Waals surface area contributed by atoms with Gasteiger partial charge in [0.1, 0.15) is 11.4 Å². The average Bonchev–Trinajstić information content (AvgIpc) is 2.83. The largest absolute Gasteiger partial charge is 0.477 e. The Hall–Kier alpha value is -4.46. The lowest BCUT2D eigenvalue weighted by molar-refractivity contribution is -0.138. The van der Waals surface area contributed by atoms with E-state index < -0.39 is 52.9 Å². The number of alkyl halides is 3. The van der Waals surface area contributed by atoms with Gasteiger partial charge in [-0.3, -0.25) is 13.9 Å². The molecule has 0 atom stereocenters. The van der Waals surface area contributed by atoms with Gasteiger partial charge in [0.2, 0.25) is 0 Å². The SMILES string of the molecule is COCCNC(=O)Nc1ccc(-n2cc(C(=O)O)c(=O)n(Cc3cccc(C(F)(F)F)c3C)c2=O)cc1F. The van der Waals surface area contributed by atoms with Crippen LogP contribution >= 0.6 is 0 Å². The molecule has 3 rings (SSSR count). The van der Waals surface area contributed by atoms with E-state index >= 15 is 0 Å². The van der Waals surface area contributed by atoms with Crippen molar-refractivity contribution in [2.24, 2.45) is 0 Å². The van der Waals surface area contributed by atoms with E-state index in [0.717, 1.165) is 31.2 Å². The van der Waals surface area contributed by atoms with Crippen molar-refractivity contribution < 1.29 is 37.0 Å². The Morgan fingerprint density at radius 1 is 1.13 bits per heavy atom. The third-order valence-corrected chi connectivity index (χ3v) is 5.55. The van der Waals surface area contributed by atoms with E-state index in [4.69, 9.17) is 4.74 Å². The highest BCUT2D eigenvalue weighted by atomic mass is 19.4. The van der Waals surface area contributed by atoms with Crippen molar-refractivity contribution in [1.82, 2.24) is 14.5 Å². The third kappa shape index (κ3) is 6.08. The maximum atomic E-state index is 14.7. The number of carboxylic acid groups (broad SMARTS) is 1. The number of aromatic nitrogens is 2. The lowest BCUT2D eigenvalue weighted by Crippen LogP contribution is -2.42. The zero-order chi connectivity index (χ0) is 28.2. The summed E-state index contributed by atoms with van der Waals surface area (Å²) in [4.78, 5) is 49.5. The summed E-state index contributed by atoms with van der Waals surface area (Å²) in [7, 11) is 1.43. The van der Waals surface area contributed by atoms with Crippen LogP contribution in [0.3, 0.4) is 0 Å². The topological polar surface area (TPSA) is 132 Å². The van der Waals surface area contributed by atoms with Crippen LogP contribution in [0.5, 0.6) is 0 Å². The summed E-state index contributed by atoms with van der Waals surface area (Å²) in [5.41, 5.74) is -4.96. The Labute approximate surface area is 212 Å². The number of nitrogens with one attached hydrogen (secondary N) is 2. The van der Waals surface area contributed by atoms with Crippen LogP contribution in [-0.4, -0.2) is 46.5 Å². The Bertz CT molecular complexity index is 1500. The molecule has 0 fully saturated rings. The van der Waals surface area contributed by atoms with Crippen molar-refractivity contribution in [2.75, 3.05) is 25.6 Å². The van der Waals surface area contributed by atoms with Crippen molar-refractivity contribution in [3.05, 3.63) is 91.5 Å². The molecule has 0 unspecified atom stereocenters. The van der Waals surface area contributed by atoms with E-state index in [0.29, 0.717) is 15.3 Å². The minimum atomic E-state index is -4.69. The van der Waals surface area contributed by atoms with Crippen LogP contribution in [0.4, 0.5) is 28.0 Å². The van der Waals surface area contributed by atoms with Crippen LogP contribution in [0.1, 0.15) is 27.0 Å². The molecular formula is C24H22F4N4O6. The zero-order valence-corrected chi connectivity index (χ0v) is 20.1. The Morgan fingerprint density at radius 2 is 1.84 bits per heavy atom. The van der Waals surface area contributed by atoms with Crippen molar-refractivity contribution in [3.8, 4) is 5.69 Å². The molecular weight excluding hydrogens is 516 g/mol. The summed E-state index contributed by atoms with van der Waals surface area (Å²) in [5.74, 6) is -2.69. The first kappa shape index (κ1) is 28.1. The van der Waals surface area contributed by atoms with Crippen LogP contribution in [-0.2, 0) is 17.5 Å². The number of aromatic carboxylic acids is 1. The van der Waals surface area contributed by atoms with Gasteiger partial charge in [0.25, 0.3) is 5.56 Å². The molecule has 14 heteroatoms. The van der Waals surface area contributed by atoms with Crippen LogP contribution in [0.2, 0.25) is 0 Å². The number of methoxy groups -OCH3 is 1. The number of carbonyl (C=O) groups is 2. The van der Waals surface area contributed by atoms with Crippen LogP contribution in [0.25, 0.3) is 5.69 Å². The molecule has 3 N–H and O–H groups in total. The van der Waals surface area contributed by atoms with Gasteiger partial charge in [0, 0.05) is 25.9 Å². The first-order valence-electron chi connectivity index (χ1n) is 10.9. The summed E-state index contributed by atoms with van der Waals surface area (Å²) in [5, 5.41) is 14.2. The molecule has 0 aliphatic carbocycles. The molecule has 10 nitrogen and oxygen atoms in total. The number of benzene rings is 2. The molecule has 38 heavy (non-hydrogen) atoms. The molecule has 0 bridgehead atoms. The molecule has 0 spiro atoms. The number of amides is 2. The maximum Gasteiger partial charge on any atom is 0.416 e. The summed E-state index contributed by atoms with van der Waals surface area (Å²) in [6, 6.07) is 5.59. The summed E-state index contributed by atoms with van der Waals surface area (Å²) < 4.78 is 60.6. The van der Waals surface area contributed by atoms with Gasteiger partial charge in [-0.05, 0) is 36.2 Å². The fraction of sp³-hybridized carbons (Fsp3) is 0.250. The van der Waals surface area contributed by atoms with Gasteiger partial charge in [0.15, 0.2) is 0 Å². The summed E-state index contributed by atoms with van der Waals surface area (Å²) in [6.45, 7) is 0.870. The first-order valence-corrected chi connectivity index (χ1v) is 10.9. The summed E-state index contributed by atoms with van der Waals surface area (Å²) in [6.07, 6.45) is -4.00. The Morgan fingerprint density at radius 3 is 2.45 bits per heavy atom. The molecule has 3 aromatic rings. The minimum Gasteiger partial charge on any atom is -0.477 e. The molecule has 0 saturated heterocycles. The number of anilines is 1. The number of carbonyl (C=O) groups excluding carboxylic acids is 1. The number of nitrogens with zero attached hydrogens (tertiary/aromatic N) is 2. The second-order valence-electron chi connectivity index (χ2n) is 8.02. The standard InChI is InChI=1S/C24H22F4N4O6/c1-13-14(4-3-5-17(13)24(26,27)28)11-32-20(33)16(21(34)35)12-31(23(32)37)15-6-7-19(18(25)10-15)30-22(36)29-8-9-38-2/h3-7,10,12H,8-9,11H2,1-2H3,(H,34,35)(H2,29,30,36). The number of halogens is 4. The molecule has 0 aliphatic rings. The van der Waals surface area contributed by atoms with E-state index in [-0.39, 0.29) is 35.7 Å². The van der Waals surface area contributed by atoms with Crippen LogP contribution < -0.4 is 21.9 Å². The van der Waals surface area contributed by atoms with Gasteiger partial charge in [0.05, 0.1) is 30.1 Å². The van der Waals surface area contributed by atoms with Crippen molar-refractivity contribution >= 4 is 17.7 Å². The van der Waals surface area contributed by atoms with E-state index in [9.17, 15) is 41.8 Å². The lowest BCUT2D eigenvalue weighted by Gasteiger charge is -2.16. The van der Waals surface area contributed by atoms with Crippen molar-refractivity contribution in [3.63, 3.8) is 0 Å². The zero-order valence-electron chi connectivity index (χ0n) is 20.1. The number of hydrogen-bond donors (Lipinski definition) is 3. The van der Waals surface area contributed by atoms with E-state index in [2.05, 4.69) is 10.6 Å². The highest BCUT2D eigenvalue weighted by Crippen LogP contribution is 2.33. The number of hydrogen-bond acceptors (Lipinski definition) is 5. The molecule has 0 saturated carbocycles. The molecule has 0 aliphatic heterocycles. The highest BCUT2D eigenvalue weighted by molar-refractivity contribution is 5.89. The smallest absolute Gasteiger partial charge is 0.416 e. The second-order valence-corrected chi connectivity index (χ2v) is 8.02. The molecule has 2 amide bonds. The Balaban J connectivity index is 2.06. The van der Waals surface area contributed by atoms with Gasteiger partial charge in [-0.2, -0.15) is 13.2 Å². The number of rotatable bonds is 8. The van der Waals surface area contributed by atoms with Gasteiger partial charge in [-0.25, -0.2) is 18.8 Å². The van der Waals surface area contributed by atoms with E-state index in [1.807, 2.05) is 0 Å². The van der Waals surface area contributed by atoms with Crippen molar-refractivity contribution in [2.45, 2.75) is 19.6 Å². The van der Waals surface area contributed by atoms with Crippen LogP contribution in [0.15, 0.2) is 52.2 Å². The van der Waals surface area contributed by atoms with Gasteiger partial charge in [-0.1, -0.05) is 12.1 Å². The number of urea groups is 1. The van der Waals surface area contributed by atoms with E-state index in [1.165, 1.54) is 19.2 Å². The maximum absolute atomic E-state index is 14.7. The highest BCUT2D eigenvalue weighted by Gasteiger charge is 2.33. The molecule has 202 valence electrons. The monoisotopic (exact) mass is 538 g/mol. The average molecular weight is 538 g/mol. The fourth-order valence-corrected chi connectivity index (χ4v) is 3.59. The molecule has 0 radical (unpaired) electrons. The normalized spacial score (nSPS) is 11.3. The summed E-state index contributed by atoms with van der Waals surface area (Å²) >= 11 is 0. The molecule has 2 aromatic carbocycles. The Kier molecular flexibility index (Phi) is 8.36. The number of ether oxygens (including phenoxy) is 1. The van der Waals surface area contributed by atoms with E-state index in [1.54, 1.807) is 0 Å². The first-order chi connectivity index (χ1) is 17.8. The number of carboxylic acids is 1. The van der Waals surface area contributed by atoms with Gasteiger partial charge in [-0.15, -0.1) is 0 Å². The quantitative estimate of drug-likeness (QED) is 0.299.